The number of amides is 1. The van der Waals surface area contributed by atoms with Gasteiger partial charge in [-0.05, 0) is 36.4 Å². The molecule has 2 aromatic carbocycles. The van der Waals surface area contributed by atoms with E-state index in [4.69, 9.17) is 0 Å². The molecule has 0 spiro atoms. The van der Waals surface area contributed by atoms with Crippen LogP contribution in [0.25, 0.3) is 0 Å². The van der Waals surface area contributed by atoms with E-state index < -0.39 is 10.0 Å². The first kappa shape index (κ1) is 19.0. The molecule has 3 aromatic rings. The molecule has 1 heterocycles. The SMILES string of the molecule is CC(C)c1nnc(NC(=O)c2ccc(S(=O)(=O)Nc3ccccc3)cc2)s1. The van der Waals surface area contributed by atoms with Gasteiger partial charge in [0.2, 0.25) is 5.13 Å². The number of anilines is 2. The molecule has 0 atom stereocenters. The number of aromatic nitrogens is 2. The van der Waals surface area contributed by atoms with E-state index in [-0.39, 0.29) is 16.7 Å². The smallest absolute Gasteiger partial charge is 0.261 e. The van der Waals surface area contributed by atoms with Gasteiger partial charge in [0.25, 0.3) is 15.9 Å². The van der Waals surface area contributed by atoms with Crippen molar-refractivity contribution in [2.45, 2.75) is 24.7 Å². The van der Waals surface area contributed by atoms with Gasteiger partial charge in [0.15, 0.2) is 0 Å². The van der Waals surface area contributed by atoms with Crippen LogP contribution in [0.3, 0.4) is 0 Å². The molecule has 0 aliphatic carbocycles. The molecule has 0 saturated carbocycles. The second kappa shape index (κ2) is 7.85. The van der Waals surface area contributed by atoms with Crippen LogP contribution in [-0.4, -0.2) is 24.5 Å². The Bertz CT molecular complexity index is 1030. The van der Waals surface area contributed by atoms with E-state index in [9.17, 15) is 13.2 Å². The standard InChI is InChI=1S/C18H18N4O3S2/c1-12(2)17-20-21-18(26-17)19-16(23)13-8-10-15(11-9-13)27(24,25)22-14-6-4-3-5-7-14/h3-12,22H,1-2H3,(H,19,21,23). The highest BCUT2D eigenvalue weighted by Gasteiger charge is 2.16. The Balaban J connectivity index is 1.71. The van der Waals surface area contributed by atoms with Crippen LogP contribution in [0, 0.1) is 0 Å². The number of benzene rings is 2. The molecule has 1 amide bonds. The van der Waals surface area contributed by atoms with Crippen LogP contribution in [0.1, 0.15) is 35.1 Å². The van der Waals surface area contributed by atoms with Crippen molar-refractivity contribution in [3.63, 3.8) is 0 Å². The zero-order valence-electron chi connectivity index (χ0n) is 14.7. The number of carbonyl (C=O) groups is 1. The van der Waals surface area contributed by atoms with Gasteiger partial charge in [-0.25, -0.2) is 8.42 Å². The lowest BCUT2D eigenvalue weighted by atomic mass is 10.2. The number of nitrogens with zero attached hydrogens (tertiary/aromatic N) is 2. The van der Waals surface area contributed by atoms with Gasteiger partial charge in [0, 0.05) is 17.2 Å². The van der Waals surface area contributed by atoms with Crippen LogP contribution in [0.5, 0.6) is 0 Å². The van der Waals surface area contributed by atoms with Crippen molar-refractivity contribution in [2.75, 3.05) is 10.0 Å². The fraction of sp³-hybridized carbons (Fsp3) is 0.167. The van der Waals surface area contributed by atoms with Crippen molar-refractivity contribution in [1.82, 2.24) is 10.2 Å². The molecular weight excluding hydrogens is 384 g/mol. The Morgan fingerprint density at radius 2 is 1.67 bits per heavy atom. The van der Waals surface area contributed by atoms with Crippen LogP contribution in [0.2, 0.25) is 0 Å². The van der Waals surface area contributed by atoms with Gasteiger partial charge >= 0.3 is 0 Å². The number of nitrogens with one attached hydrogen (secondary N) is 2. The first-order valence-electron chi connectivity index (χ1n) is 8.18. The third-order valence-corrected chi connectivity index (χ3v) is 6.14. The first-order valence-corrected chi connectivity index (χ1v) is 10.5. The van der Waals surface area contributed by atoms with Crippen LogP contribution < -0.4 is 10.0 Å². The largest absolute Gasteiger partial charge is 0.296 e. The van der Waals surface area contributed by atoms with E-state index in [1.807, 2.05) is 13.8 Å². The third kappa shape index (κ3) is 4.69. The van der Waals surface area contributed by atoms with E-state index in [0.29, 0.717) is 16.4 Å². The number of sulfonamides is 1. The quantitative estimate of drug-likeness (QED) is 0.654. The van der Waals surface area contributed by atoms with E-state index in [2.05, 4.69) is 20.2 Å². The average molecular weight is 403 g/mol. The lowest BCUT2D eigenvalue weighted by Crippen LogP contribution is -2.14. The molecule has 0 radical (unpaired) electrons. The van der Waals surface area contributed by atoms with Gasteiger partial charge in [-0.15, -0.1) is 10.2 Å². The molecule has 3 rings (SSSR count). The van der Waals surface area contributed by atoms with E-state index >= 15 is 0 Å². The summed E-state index contributed by atoms with van der Waals surface area (Å²) in [5.41, 5.74) is 0.798. The van der Waals surface area contributed by atoms with E-state index in [1.165, 1.54) is 35.6 Å². The van der Waals surface area contributed by atoms with Gasteiger partial charge in [-0.3, -0.25) is 14.8 Å². The molecule has 9 heteroatoms. The summed E-state index contributed by atoms with van der Waals surface area (Å²) >= 11 is 1.31. The molecule has 7 nitrogen and oxygen atoms in total. The maximum atomic E-state index is 12.4. The van der Waals surface area contributed by atoms with Crippen molar-refractivity contribution in [3.05, 3.63) is 65.2 Å². The highest BCUT2D eigenvalue weighted by molar-refractivity contribution is 7.92. The molecule has 0 aliphatic heterocycles. The average Bonchev–Trinajstić information content (AvgIpc) is 3.11. The molecule has 140 valence electrons. The highest BCUT2D eigenvalue weighted by atomic mass is 32.2. The molecule has 2 N–H and O–H groups in total. The Kier molecular flexibility index (Phi) is 5.52. The third-order valence-electron chi connectivity index (χ3n) is 3.61. The van der Waals surface area contributed by atoms with Gasteiger partial charge < -0.3 is 0 Å². The second-order valence-corrected chi connectivity index (χ2v) is 8.74. The minimum absolute atomic E-state index is 0.0703. The molecule has 0 unspecified atom stereocenters. The summed E-state index contributed by atoms with van der Waals surface area (Å²) in [6, 6.07) is 14.3. The monoisotopic (exact) mass is 402 g/mol. The van der Waals surface area contributed by atoms with Gasteiger partial charge in [-0.2, -0.15) is 0 Å². The normalized spacial score (nSPS) is 11.4. The predicted molar refractivity (Wildman–Crippen MR) is 106 cm³/mol. The predicted octanol–water partition coefficient (Wildman–Crippen LogP) is 3.71. The van der Waals surface area contributed by atoms with Crippen molar-refractivity contribution in [2.24, 2.45) is 0 Å². The minimum atomic E-state index is -3.72. The van der Waals surface area contributed by atoms with Gasteiger partial charge in [-0.1, -0.05) is 43.4 Å². The Morgan fingerprint density at radius 3 is 2.26 bits per heavy atom. The topological polar surface area (TPSA) is 101 Å². The number of hydrogen-bond acceptors (Lipinski definition) is 6. The van der Waals surface area contributed by atoms with Crippen molar-refractivity contribution >= 4 is 38.1 Å². The number of carbonyl (C=O) groups excluding carboxylic acids is 1. The molecule has 0 fully saturated rings. The summed E-state index contributed by atoms with van der Waals surface area (Å²) in [5, 5.41) is 11.9. The molecule has 0 aliphatic rings. The summed E-state index contributed by atoms with van der Waals surface area (Å²) in [5.74, 6) is -0.142. The second-order valence-electron chi connectivity index (χ2n) is 6.05. The molecule has 0 saturated heterocycles. The lowest BCUT2D eigenvalue weighted by molar-refractivity contribution is 0.102. The maximum Gasteiger partial charge on any atom is 0.261 e. The van der Waals surface area contributed by atoms with Crippen LogP contribution in [-0.2, 0) is 10.0 Å². The maximum absolute atomic E-state index is 12.4. The molecule has 1 aromatic heterocycles. The van der Waals surface area contributed by atoms with Crippen LogP contribution in [0.4, 0.5) is 10.8 Å². The van der Waals surface area contributed by atoms with E-state index in [1.54, 1.807) is 30.3 Å². The highest BCUT2D eigenvalue weighted by Crippen LogP contribution is 2.23. The molecular formula is C18H18N4O3S2. The lowest BCUT2D eigenvalue weighted by Gasteiger charge is -2.08. The summed E-state index contributed by atoms with van der Waals surface area (Å²) in [4.78, 5) is 12.4. The van der Waals surface area contributed by atoms with Gasteiger partial charge in [0.05, 0.1) is 4.90 Å². The van der Waals surface area contributed by atoms with Crippen molar-refractivity contribution in [1.29, 1.82) is 0 Å². The Hall–Kier alpha value is -2.78. The summed E-state index contributed by atoms with van der Waals surface area (Å²) in [7, 11) is -3.72. The fourth-order valence-corrected chi connectivity index (χ4v) is 3.99. The summed E-state index contributed by atoms with van der Waals surface area (Å²) in [6.07, 6.45) is 0. The molecule has 27 heavy (non-hydrogen) atoms. The molecule has 0 bridgehead atoms. The fourth-order valence-electron chi connectivity index (χ4n) is 2.19. The van der Waals surface area contributed by atoms with Crippen molar-refractivity contribution < 1.29 is 13.2 Å². The summed E-state index contributed by atoms with van der Waals surface area (Å²) in [6.45, 7) is 3.99. The Labute approximate surface area is 161 Å². The van der Waals surface area contributed by atoms with Gasteiger partial charge in [0.1, 0.15) is 5.01 Å². The Morgan fingerprint density at radius 1 is 1.00 bits per heavy atom. The minimum Gasteiger partial charge on any atom is -0.296 e. The number of para-hydroxylation sites is 1. The van der Waals surface area contributed by atoms with Crippen LogP contribution >= 0.6 is 11.3 Å². The zero-order chi connectivity index (χ0) is 19.4. The summed E-state index contributed by atoms with van der Waals surface area (Å²) < 4.78 is 27.3. The zero-order valence-corrected chi connectivity index (χ0v) is 16.3. The van der Waals surface area contributed by atoms with Crippen molar-refractivity contribution in [3.8, 4) is 0 Å². The van der Waals surface area contributed by atoms with Crippen LogP contribution in [0.15, 0.2) is 59.5 Å². The number of hydrogen-bond donors (Lipinski definition) is 2. The van der Waals surface area contributed by atoms with E-state index in [0.717, 1.165) is 5.01 Å². The first-order chi connectivity index (χ1) is 12.8. The number of rotatable bonds is 6.